The molecule has 114 valence electrons. The number of rotatable bonds is 1. The molecule has 5 heteroatoms. The van der Waals surface area contributed by atoms with E-state index in [1.165, 1.54) is 6.07 Å². The van der Waals surface area contributed by atoms with Crippen LogP contribution in [0.25, 0.3) is 17.0 Å². The van der Waals surface area contributed by atoms with Gasteiger partial charge in [0.05, 0.1) is 0 Å². The zero-order valence-electron chi connectivity index (χ0n) is 12.3. The minimum Gasteiger partial charge on any atom is -0.508 e. The van der Waals surface area contributed by atoms with E-state index in [0.29, 0.717) is 0 Å². The molecule has 2 heterocycles. The molecule has 1 aliphatic rings. The number of hydrogen-bond donors (Lipinski definition) is 3. The monoisotopic (exact) mass is 307 g/mol. The number of ketones is 1. The van der Waals surface area contributed by atoms with Crippen LogP contribution in [0.2, 0.25) is 0 Å². The van der Waals surface area contributed by atoms with Crippen molar-refractivity contribution in [3.63, 3.8) is 0 Å². The van der Waals surface area contributed by atoms with Crippen molar-refractivity contribution in [3.05, 3.63) is 59.0 Å². The highest BCUT2D eigenvalue weighted by Crippen LogP contribution is 2.40. The number of carbonyl (C=O) groups is 1. The molecule has 3 aromatic rings. The third-order valence-corrected chi connectivity index (χ3v) is 3.89. The summed E-state index contributed by atoms with van der Waals surface area (Å²) in [5, 5.41) is 20.3. The van der Waals surface area contributed by atoms with Gasteiger partial charge in [0.15, 0.2) is 5.76 Å². The molecule has 0 saturated carbocycles. The molecular formula is C18H13NO4. The van der Waals surface area contributed by atoms with Crippen molar-refractivity contribution in [2.24, 2.45) is 0 Å². The molecular weight excluding hydrogens is 294 g/mol. The fraction of sp³-hybridized carbons (Fsp3) is 0.0556. The number of Topliss-reactive ketones (excluding diaryl/α,β-unsaturated/α-hetero) is 1. The van der Waals surface area contributed by atoms with Gasteiger partial charge in [0.1, 0.15) is 22.8 Å². The van der Waals surface area contributed by atoms with Gasteiger partial charge in [-0.2, -0.15) is 0 Å². The fourth-order valence-electron chi connectivity index (χ4n) is 2.80. The molecule has 0 spiro atoms. The van der Waals surface area contributed by atoms with Gasteiger partial charge in [-0.05, 0) is 25.1 Å². The highest BCUT2D eigenvalue weighted by atomic mass is 16.5. The molecule has 0 unspecified atom stereocenters. The van der Waals surface area contributed by atoms with Gasteiger partial charge in [-0.15, -0.1) is 0 Å². The molecule has 0 amide bonds. The van der Waals surface area contributed by atoms with Crippen LogP contribution in [0.15, 0.2) is 42.3 Å². The van der Waals surface area contributed by atoms with Gasteiger partial charge >= 0.3 is 0 Å². The van der Waals surface area contributed by atoms with Crippen molar-refractivity contribution in [1.82, 2.24) is 4.98 Å². The molecule has 0 saturated heterocycles. The Labute approximate surface area is 131 Å². The standard InChI is InChI=1S/C18H13NO4/c1-9-2-3-13-12(4-9)10(8-19-13)5-16-18(22)17-14(21)6-11(20)7-15(17)23-16/h2-8,19-21H,1H3/b16-5+. The van der Waals surface area contributed by atoms with E-state index in [0.717, 1.165) is 28.1 Å². The first-order chi connectivity index (χ1) is 11.0. The summed E-state index contributed by atoms with van der Waals surface area (Å²) in [6.07, 6.45) is 3.44. The number of aromatic nitrogens is 1. The van der Waals surface area contributed by atoms with E-state index in [2.05, 4.69) is 4.98 Å². The first-order valence-electron chi connectivity index (χ1n) is 7.11. The van der Waals surface area contributed by atoms with Gasteiger partial charge in [0.2, 0.25) is 5.78 Å². The van der Waals surface area contributed by atoms with Gasteiger partial charge in [-0.3, -0.25) is 4.79 Å². The number of H-pyrrole nitrogens is 1. The van der Waals surface area contributed by atoms with Gasteiger partial charge in [-0.1, -0.05) is 11.6 Å². The number of phenols is 2. The first kappa shape index (κ1) is 13.5. The number of benzene rings is 2. The second kappa shape index (κ2) is 4.64. The molecule has 0 fully saturated rings. The number of aromatic hydroxyl groups is 2. The zero-order valence-corrected chi connectivity index (χ0v) is 12.3. The van der Waals surface area contributed by atoms with E-state index >= 15 is 0 Å². The van der Waals surface area contributed by atoms with Crippen molar-refractivity contribution in [2.45, 2.75) is 6.92 Å². The molecule has 0 bridgehead atoms. The molecule has 1 aliphatic heterocycles. The van der Waals surface area contributed by atoms with Gasteiger partial charge in [0, 0.05) is 34.8 Å². The lowest BCUT2D eigenvalue weighted by Crippen LogP contribution is -1.98. The predicted molar refractivity (Wildman–Crippen MR) is 85.7 cm³/mol. The SMILES string of the molecule is Cc1ccc2[nH]cc(/C=C3/Oc4cc(O)cc(O)c4C3=O)c2c1. The normalized spacial score (nSPS) is 15.2. The van der Waals surface area contributed by atoms with E-state index in [1.807, 2.05) is 25.1 Å². The third-order valence-electron chi connectivity index (χ3n) is 3.89. The zero-order chi connectivity index (χ0) is 16.1. The second-order valence-electron chi connectivity index (χ2n) is 5.57. The summed E-state index contributed by atoms with van der Waals surface area (Å²) >= 11 is 0. The van der Waals surface area contributed by atoms with Crippen molar-refractivity contribution in [3.8, 4) is 17.2 Å². The lowest BCUT2D eigenvalue weighted by atomic mass is 10.1. The Morgan fingerprint density at radius 2 is 2.00 bits per heavy atom. The largest absolute Gasteiger partial charge is 0.508 e. The number of allylic oxidation sites excluding steroid dienone is 1. The maximum absolute atomic E-state index is 12.4. The van der Waals surface area contributed by atoms with Crippen LogP contribution in [0.5, 0.6) is 17.2 Å². The molecule has 3 N–H and O–H groups in total. The quantitative estimate of drug-likeness (QED) is 0.601. The van der Waals surface area contributed by atoms with E-state index in [-0.39, 0.29) is 28.6 Å². The second-order valence-corrected chi connectivity index (χ2v) is 5.57. The van der Waals surface area contributed by atoms with E-state index in [1.54, 1.807) is 12.3 Å². The van der Waals surface area contributed by atoms with Crippen LogP contribution in [0.4, 0.5) is 0 Å². The number of aromatic amines is 1. The van der Waals surface area contributed by atoms with Crippen LogP contribution in [0.1, 0.15) is 21.5 Å². The summed E-state index contributed by atoms with van der Waals surface area (Å²) in [5.74, 6) is -0.571. The van der Waals surface area contributed by atoms with Crippen molar-refractivity contribution in [1.29, 1.82) is 0 Å². The van der Waals surface area contributed by atoms with E-state index in [9.17, 15) is 15.0 Å². The number of ether oxygens (including phenoxy) is 1. The average Bonchev–Trinajstić information content (AvgIpc) is 3.01. The van der Waals surface area contributed by atoms with E-state index < -0.39 is 5.78 Å². The third kappa shape index (κ3) is 2.05. The van der Waals surface area contributed by atoms with Gasteiger partial charge in [0.25, 0.3) is 0 Å². The molecule has 0 atom stereocenters. The van der Waals surface area contributed by atoms with Gasteiger partial charge < -0.3 is 19.9 Å². The van der Waals surface area contributed by atoms with Crippen LogP contribution in [0.3, 0.4) is 0 Å². The smallest absolute Gasteiger partial charge is 0.235 e. The number of aryl methyl sites for hydroxylation is 1. The number of nitrogens with one attached hydrogen (secondary N) is 1. The maximum Gasteiger partial charge on any atom is 0.235 e. The molecule has 4 rings (SSSR count). The predicted octanol–water partition coefficient (Wildman–Crippen LogP) is 3.50. The molecule has 5 nitrogen and oxygen atoms in total. The summed E-state index contributed by atoms with van der Waals surface area (Å²) in [5.41, 5.74) is 2.97. The minimum absolute atomic E-state index is 0.0741. The number of phenolic OH excluding ortho intramolecular Hbond substituents is 2. The highest BCUT2D eigenvalue weighted by Gasteiger charge is 2.31. The average molecular weight is 307 g/mol. The van der Waals surface area contributed by atoms with Crippen LogP contribution < -0.4 is 4.74 Å². The van der Waals surface area contributed by atoms with Crippen LogP contribution >= 0.6 is 0 Å². The summed E-state index contributed by atoms with van der Waals surface area (Å²) in [4.78, 5) is 15.6. The Bertz CT molecular complexity index is 998. The Hall–Kier alpha value is -3.21. The summed E-state index contributed by atoms with van der Waals surface area (Å²) in [6.45, 7) is 2.00. The summed E-state index contributed by atoms with van der Waals surface area (Å²) < 4.78 is 5.51. The Morgan fingerprint density at radius 3 is 2.83 bits per heavy atom. The lowest BCUT2D eigenvalue weighted by Gasteiger charge is -2.00. The maximum atomic E-state index is 12.4. The van der Waals surface area contributed by atoms with Crippen molar-refractivity contribution < 1.29 is 19.7 Å². The topological polar surface area (TPSA) is 82.6 Å². The highest BCUT2D eigenvalue weighted by molar-refractivity contribution is 6.16. The summed E-state index contributed by atoms with van der Waals surface area (Å²) in [6, 6.07) is 8.44. The van der Waals surface area contributed by atoms with Crippen LogP contribution in [-0.4, -0.2) is 21.0 Å². The number of hydrogen-bond acceptors (Lipinski definition) is 4. The minimum atomic E-state index is -0.403. The van der Waals surface area contributed by atoms with Crippen LogP contribution in [-0.2, 0) is 0 Å². The Balaban J connectivity index is 1.82. The van der Waals surface area contributed by atoms with Gasteiger partial charge in [-0.25, -0.2) is 0 Å². The number of fused-ring (bicyclic) bond motifs is 2. The molecule has 23 heavy (non-hydrogen) atoms. The van der Waals surface area contributed by atoms with Crippen molar-refractivity contribution >= 4 is 22.8 Å². The first-order valence-corrected chi connectivity index (χ1v) is 7.11. The molecule has 2 aromatic carbocycles. The molecule has 0 aliphatic carbocycles. The van der Waals surface area contributed by atoms with E-state index in [4.69, 9.17) is 4.74 Å². The van der Waals surface area contributed by atoms with Crippen molar-refractivity contribution in [2.75, 3.05) is 0 Å². The Kier molecular flexibility index (Phi) is 2.72. The number of carbonyl (C=O) groups excluding carboxylic acids is 1. The molecule has 1 aromatic heterocycles. The Morgan fingerprint density at radius 1 is 1.17 bits per heavy atom. The lowest BCUT2D eigenvalue weighted by molar-refractivity contribution is 0.101. The summed E-state index contributed by atoms with van der Waals surface area (Å²) in [7, 11) is 0. The fourth-order valence-corrected chi connectivity index (χ4v) is 2.80. The molecule has 0 radical (unpaired) electrons. The van der Waals surface area contributed by atoms with Crippen LogP contribution in [0, 0.1) is 6.92 Å².